The molecule has 7 heteroatoms. The van der Waals surface area contributed by atoms with Crippen LogP contribution < -0.4 is 24.8 Å². The van der Waals surface area contributed by atoms with Gasteiger partial charge in [0.1, 0.15) is 12.4 Å². The number of nitrogens with zero attached hydrogens (tertiary/aromatic N) is 2. The predicted octanol–water partition coefficient (Wildman–Crippen LogP) is 4.02. The second-order valence-corrected chi connectivity index (χ2v) is 6.50. The van der Waals surface area contributed by atoms with Crippen molar-refractivity contribution in [3.63, 3.8) is 0 Å². The standard InChI is InChI=1S/C24H28N4O3/c1-3-29-21-11-7-8-12-22(21)31-23-14-13-19(17-27-23)18-28-24(25-2)26-15-16-30-20-9-5-4-6-10-20/h4-14,17H,3,15-16,18H2,1-2H3,(H2,25,26,28). The smallest absolute Gasteiger partial charge is 0.219 e. The fraction of sp³-hybridized carbons (Fsp3) is 0.250. The Balaban J connectivity index is 1.43. The number of ether oxygens (including phenoxy) is 3. The number of guanidine groups is 1. The Bertz CT molecular complexity index is 947. The number of hydrogen-bond donors (Lipinski definition) is 2. The summed E-state index contributed by atoms with van der Waals surface area (Å²) in [6, 6.07) is 21.1. The first-order valence-corrected chi connectivity index (χ1v) is 10.3. The SMILES string of the molecule is CCOc1ccccc1Oc1ccc(CNC(=NC)NCCOc2ccccc2)cn1. The van der Waals surface area contributed by atoms with Crippen LogP contribution in [0.3, 0.4) is 0 Å². The van der Waals surface area contributed by atoms with Crippen LogP contribution in [0.1, 0.15) is 12.5 Å². The Labute approximate surface area is 183 Å². The van der Waals surface area contributed by atoms with Gasteiger partial charge in [0.25, 0.3) is 0 Å². The lowest BCUT2D eigenvalue weighted by Gasteiger charge is -2.13. The summed E-state index contributed by atoms with van der Waals surface area (Å²) >= 11 is 0. The number of hydrogen-bond acceptors (Lipinski definition) is 5. The minimum atomic E-state index is 0.511. The highest BCUT2D eigenvalue weighted by Crippen LogP contribution is 2.30. The van der Waals surface area contributed by atoms with Crippen molar-refractivity contribution in [2.75, 3.05) is 26.8 Å². The maximum Gasteiger partial charge on any atom is 0.219 e. The lowest BCUT2D eigenvalue weighted by atomic mass is 10.3. The Morgan fingerprint density at radius 2 is 1.68 bits per heavy atom. The number of para-hydroxylation sites is 3. The Morgan fingerprint density at radius 1 is 0.903 bits per heavy atom. The molecule has 0 aliphatic carbocycles. The van der Waals surface area contributed by atoms with Crippen LogP contribution in [0.5, 0.6) is 23.1 Å². The van der Waals surface area contributed by atoms with Crippen LogP contribution in [0, 0.1) is 0 Å². The molecule has 0 aliphatic rings. The van der Waals surface area contributed by atoms with E-state index >= 15 is 0 Å². The van der Waals surface area contributed by atoms with E-state index in [1.165, 1.54) is 0 Å². The van der Waals surface area contributed by atoms with E-state index in [0.717, 1.165) is 11.3 Å². The summed E-state index contributed by atoms with van der Waals surface area (Å²) in [6.45, 7) is 4.28. The Hall–Kier alpha value is -3.74. The van der Waals surface area contributed by atoms with Crippen molar-refractivity contribution in [2.24, 2.45) is 4.99 Å². The van der Waals surface area contributed by atoms with Crippen LogP contribution in [-0.4, -0.2) is 37.7 Å². The molecule has 0 saturated carbocycles. The van der Waals surface area contributed by atoms with Crippen molar-refractivity contribution < 1.29 is 14.2 Å². The molecule has 0 amide bonds. The topological polar surface area (TPSA) is 77.0 Å². The molecule has 1 aromatic heterocycles. The van der Waals surface area contributed by atoms with Gasteiger partial charge in [-0.2, -0.15) is 0 Å². The summed E-state index contributed by atoms with van der Waals surface area (Å²) < 4.78 is 17.1. The summed E-state index contributed by atoms with van der Waals surface area (Å²) in [5.41, 5.74) is 1.01. The number of aliphatic imine (C=N–C) groups is 1. The lowest BCUT2D eigenvalue weighted by Crippen LogP contribution is -2.38. The normalized spacial score (nSPS) is 11.0. The first kappa shape index (κ1) is 22.0. The zero-order valence-corrected chi connectivity index (χ0v) is 17.9. The zero-order chi connectivity index (χ0) is 21.7. The van der Waals surface area contributed by atoms with E-state index in [1.54, 1.807) is 13.2 Å². The van der Waals surface area contributed by atoms with Gasteiger partial charge in [-0.3, -0.25) is 4.99 Å². The molecular weight excluding hydrogens is 392 g/mol. The van der Waals surface area contributed by atoms with Crippen LogP contribution in [0.25, 0.3) is 0 Å². The highest BCUT2D eigenvalue weighted by atomic mass is 16.5. The molecule has 31 heavy (non-hydrogen) atoms. The van der Waals surface area contributed by atoms with Gasteiger partial charge in [-0.15, -0.1) is 0 Å². The minimum absolute atomic E-state index is 0.511. The van der Waals surface area contributed by atoms with E-state index in [9.17, 15) is 0 Å². The second kappa shape index (κ2) is 12.1. The summed E-state index contributed by atoms with van der Waals surface area (Å²) in [4.78, 5) is 8.62. The third kappa shape index (κ3) is 7.22. The lowest BCUT2D eigenvalue weighted by molar-refractivity contribution is 0.319. The quantitative estimate of drug-likeness (QED) is 0.293. The van der Waals surface area contributed by atoms with Gasteiger partial charge in [-0.05, 0) is 36.8 Å². The number of aromatic nitrogens is 1. The van der Waals surface area contributed by atoms with E-state index in [0.29, 0.717) is 49.6 Å². The molecule has 1 heterocycles. The summed E-state index contributed by atoms with van der Waals surface area (Å²) in [5, 5.41) is 6.49. The van der Waals surface area contributed by atoms with E-state index in [2.05, 4.69) is 20.6 Å². The number of nitrogens with one attached hydrogen (secondary N) is 2. The second-order valence-electron chi connectivity index (χ2n) is 6.50. The third-order valence-corrected chi connectivity index (χ3v) is 4.25. The van der Waals surface area contributed by atoms with Gasteiger partial charge >= 0.3 is 0 Å². The van der Waals surface area contributed by atoms with Crippen molar-refractivity contribution in [3.8, 4) is 23.1 Å². The van der Waals surface area contributed by atoms with Gasteiger partial charge in [-0.1, -0.05) is 36.4 Å². The molecule has 2 aromatic carbocycles. The fourth-order valence-corrected chi connectivity index (χ4v) is 2.76. The van der Waals surface area contributed by atoms with Gasteiger partial charge < -0.3 is 24.8 Å². The average Bonchev–Trinajstić information content (AvgIpc) is 2.82. The average molecular weight is 421 g/mol. The highest BCUT2D eigenvalue weighted by molar-refractivity contribution is 5.79. The summed E-state index contributed by atoms with van der Waals surface area (Å²) in [5.74, 6) is 3.40. The Morgan fingerprint density at radius 3 is 2.39 bits per heavy atom. The fourth-order valence-electron chi connectivity index (χ4n) is 2.76. The van der Waals surface area contributed by atoms with Crippen molar-refractivity contribution in [1.82, 2.24) is 15.6 Å². The summed E-state index contributed by atoms with van der Waals surface area (Å²) in [7, 11) is 1.73. The monoisotopic (exact) mass is 420 g/mol. The Kier molecular flexibility index (Phi) is 8.55. The minimum Gasteiger partial charge on any atom is -0.492 e. The molecule has 3 rings (SSSR count). The zero-order valence-electron chi connectivity index (χ0n) is 17.9. The number of benzene rings is 2. The van der Waals surface area contributed by atoms with E-state index in [1.807, 2.05) is 73.7 Å². The molecule has 162 valence electrons. The third-order valence-electron chi connectivity index (χ3n) is 4.25. The van der Waals surface area contributed by atoms with Gasteiger partial charge in [0.05, 0.1) is 13.2 Å². The molecule has 0 unspecified atom stereocenters. The van der Waals surface area contributed by atoms with Gasteiger partial charge in [0, 0.05) is 25.9 Å². The highest BCUT2D eigenvalue weighted by Gasteiger charge is 2.06. The van der Waals surface area contributed by atoms with E-state index in [4.69, 9.17) is 14.2 Å². The van der Waals surface area contributed by atoms with E-state index < -0.39 is 0 Å². The predicted molar refractivity (Wildman–Crippen MR) is 122 cm³/mol. The molecule has 0 fully saturated rings. The van der Waals surface area contributed by atoms with Crippen LogP contribution in [0.15, 0.2) is 77.9 Å². The van der Waals surface area contributed by atoms with Crippen molar-refractivity contribution in [2.45, 2.75) is 13.5 Å². The van der Waals surface area contributed by atoms with Crippen LogP contribution >= 0.6 is 0 Å². The first-order chi connectivity index (χ1) is 15.3. The number of pyridine rings is 1. The van der Waals surface area contributed by atoms with Crippen LogP contribution in [0.2, 0.25) is 0 Å². The molecule has 0 atom stereocenters. The molecule has 0 spiro atoms. The van der Waals surface area contributed by atoms with Crippen LogP contribution in [-0.2, 0) is 6.54 Å². The molecule has 0 bridgehead atoms. The largest absolute Gasteiger partial charge is 0.492 e. The maximum atomic E-state index is 5.86. The van der Waals surface area contributed by atoms with Crippen molar-refractivity contribution in [3.05, 3.63) is 78.5 Å². The van der Waals surface area contributed by atoms with Crippen LogP contribution in [0.4, 0.5) is 0 Å². The van der Waals surface area contributed by atoms with Crippen molar-refractivity contribution in [1.29, 1.82) is 0 Å². The number of rotatable bonds is 10. The molecule has 7 nitrogen and oxygen atoms in total. The van der Waals surface area contributed by atoms with Crippen molar-refractivity contribution >= 4 is 5.96 Å². The molecule has 3 aromatic rings. The molecular formula is C24H28N4O3. The van der Waals surface area contributed by atoms with E-state index in [-0.39, 0.29) is 0 Å². The van der Waals surface area contributed by atoms with Gasteiger partial charge in [0.2, 0.25) is 5.88 Å². The molecule has 0 aliphatic heterocycles. The maximum absolute atomic E-state index is 5.86. The molecule has 2 N–H and O–H groups in total. The first-order valence-electron chi connectivity index (χ1n) is 10.3. The molecule has 0 radical (unpaired) electrons. The van der Waals surface area contributed by atoms with Gasteiger partial charge in [0.15, 0.2) is 17.5 Å². The van der Waals surface area contributed by atoms with Gasteiger partial charge in [-0.25, -0.2) is 4.98 Å². The molecule has 0 saturated heterocycles. The summed E-state index contributed by atoms with van der Waals surface area (Å²) in [6.07, 6.45) is 1.78.